The van der Waals surface area contributed by atoms with E-state index in [1.165, 1.54) is 0 Å². The largest absolute Gasteiger partial charge is 0.493 e. The summed E-state index contributed by atoms with van der Waals surface area (Å²) in [6.07, 6.45) is -4.59. The van der Waals surface area contributed by atoms with Gasteiger partial charge >= 0.3 is 12.1 Å². The summed E-state index contributed by atoms with van der Waals surface area (Å²) in [6, 6.07) is 6.55. The predicted molar refractivity (Wildman–Crippen MR) is 61.1 cm³/mol. The van der Waals surface area contributed by atoms with Crippen LogP contribution >= 0.6 is 0 Å². The van der Waals surface area contributed by atoms with Crippen LogP contribution in [0.4, 0.5) is 13.2 Å². The van der Waals surface area contributed by atoms with Crippen molar-refractivity contribution in [1.82, 2.24) is 0 Å². The van der Waals surface area contributed by atoms with E-state index in [1.54, 1.807) is 24.3 Å². The van der Waals surface area contributed by atoms with Crippen LogP contribution in [0.15, 0.2) is 24.3 Å². The van der Waals surface area contributed by atoms with E-state index in [2.05, 4.69) is 0 Å². The Balaban J connectivity index is 1.84. The third kappa shape index (κ3) is 3.87. The molecule has 0 aromatic heterocycles. The van der Waals surface area contributed by atoms with E-state index in [-0.39, 0.29) is 11.8 Å². The lowest BCUT2D eigenvalue weighted by molar-refractivity contribution is -0.140. The van der Waals surface area contributed by atoms with Crippen molar-refractivity contribution in [2.45, 2.75) is 24.9 Å². The molecular formula is C13H13F3O3. The summed E-state index contributed by atoms with van der Waals surface area (Å²) in [5.74, 6) is -0.769. The third-order valence-electron chi connectivity index (χ3n) is 3.07. The van der Waals surface area contributed by atoms with Crippen molar-refractivity contribution in [3.05, 3.63) is 29.8 Å². The van der Waals surface area contributed by atoms with Crippen LogP contribution in [-0.4, -0.2) is 23.9 Å². The Morgan fingerprint density at radius 2 is 1.95 bits per heavy atom. The second kappa shape index (κ2) is 5.11. The highest BCUT2D eigenvalue weighted by molar-refractivity contribution is 5.75. The van der Waals surface area contributed by atoms with Crippen LogP contribution in [-0.2, 0) is 4.79 Å². The fraction of sp³-hybridized carbons (Fsp3) is 0.462. The second-order valence-electron chi connectivity index (χ2n) is 4.57. The molecule has 104 valence electrons. The minimum atomic E-state index is -4.22. The van der Waals surface area contributed by atoms with Crippen LogP contribution in [0.2, 0.25) is 0 Å². The molecule has 0 amide bonds. The smallest absolute Gasteiger partial charge is 0.392 e. The highest BCUT2D eigenvalue weighted by atomic mass is 19.4. The lowest BCUT2D eigenvalue weighted by Crippen LogP contribution is -2.12. The molecule has 3 nitrogen and oxygen atoms in total. The number of hydrogen-bond donors (Lipinski definition) is 1. The number of benzene rings is 1. The van der Waals surface area contributed by atoms with Gasteiger partial charge in [-0.1, -0.05) is 12.1 Å². The van der Waals surface area contributed by atoms with Crippen LogP contribution in [0.25, 0.3) is 0 Å². The van der Waals surface area contributed by atoms with Gasteiger partial charge in [0.1, 0.15) is 5.75 Å². The van der Waals surface area contributed by atoms with Crippen LogP contribution < -0.4 is 4.74 Å². The molecule has 0 heterocycles. The van der Waals surface area contributed by atoms with Gasteiger partial charge in [-0.2, -0.15) is 13.2 Å². The molecule has 6 heteroatoms. The van der Waals surface area contributed by atoms with Crippen molar-refractivity contribution < 1.29 is 27.8 Å². The molecule has 1 saturated carbocycles. The Kier molecular flexibility index (Phi) is 3.68. The molecule has 1 fully saturated rings. The van der Waals surface area contributed by atoms with E-state index in [4.69, 9.17) is 9.84 Å². The summed E-state index contributed by atoms with van der Waals surface area (Å²) in [6.45, 7) is -0.413. The third-order valence-corrected chi connectivity index (χ3v) is 3.07. The topological polar surface area (TPSA) is 46.5 Å². The lowest BCUT2D eigenvalue weighted by atomic mass is 10.1. The highest BCUT2D eigenvalue weighted by Crippen LogP contribution is 2.47. The summed E-state index contributed by atoms with van der Waals surface area (Å²) in [7, 11) is 0. The van der Waals surface area contributed by atoms with Gasteiger partial charge < -0.3 is 9.84 Å². The quantitative estimate of drug-likeness (QED) is 0.896. The summed E-state index contributed by atoms with van der Waals surface area (Å²) in [5, 5.41) is 8.80. The average Bonchev–Trinajstić information content (AvgIpc) is 3.08. The number of halogens is 3. The Hall–Kier alpha value is -1.72. The standard InChI is InChI=1S/C13H13F3O3/c14-13(15,16)5-6-19-9-3-1-8(2-4-9)10-7-11(10)12(17)18/h1-4,10-11H,5-7H2,(H,17,18)/t10-,11-/m0/s1. The Labute approximate surface area is 108 Å². The van der Waals surface area contributed by atoms with Crippen molar-refractivity contribution in [3.63, 3.8) is 0 Å². The molecule has 0 spiro atoms. The zero-order valence-electron chi connectivity index (χ0n) is 9.98. The zero-order valence-corrected chi connectivity index (χ0v) is 9.98. The van der Waals surface area contributed by atoms with Crippen LogP contribution in [0, 0.1) is 5.92 Å². The van der Waals surface area contributed by atoms with E-state index in [0.717, 1.165) is 5.56 Å². The van der Waals surface area contributed by atoms with Crippen molar-refractivity contribution in [1.29, 1.82) is 0 Å². The van der Waals surface area contributed by atoms with Gasteiger partial charge in [-0.3, -0.25) is 4.79 Å². The maximum atomic E-state index is 11.9. The fourth-order valence-electron chi connectivity index (χ4n) is 1.93. The first kappa shape index (κ1) is 13.7. The molecule has 2 atom stereocenters. The minimum absolute atomic E-state index is 0.0155. The first-order valence-corrected chi connectivity index (χ1v) is 5.89. The molecule has 19 heavy (non-hydrogen) atoms. The summed E-state index contributed by atoms with van der Waals surface area (Å²) >= 11 is 0. The Morgan fingerprint density at radius 3 is 2.42 bits per heavy atom. The maximum Gasteiger partial charge on any atom is 0.392 e. The number of hydrogen-bond acceptors (Lipinski definition) is 2. The molecule has 1 aliphatic carbocycles. The molecule has 1 aromatic rings. The predicted octanol–water partition coefficient (Wildman–Crippen LogP) is 3.21. The molecule has 0 radical (unpaired) electrons. The van der Waals surface area contributed by atoms with Gasteiger partial charge in [-0.15, -0.1) is 0 Å². The number of rotatable bonds is 5. The molecule has 0 bridgehead atoms. The second-order valence-corrected chi connectivity index (χ2v) is 4.57. The van der Waals surface area contributed by atoms with E-state index < -0.39 is 25.2 Å². The summed E-state index contributed by atoms with van der Waals surface area (Å²) in [4.78, 5) is 10.7. The minimum Gasteiger partial charge on any atom is -0.493 e. The van der Waals surface area contributed by atoms with E-state index in [0.29, 0.717) is 12.2 Å². The average molecular weight is 274 g/mol. The van der Waals surface area contributed by atoms with Crippen molar-refractivity contribution >= 4 is 5.97 Å². The monoisotopic (exact) mass is 274 g/mol. The van der Waals surface area contributed by atoms with Gasteiger partial charge in [0.2, 0.25) is 0 Å². The van der Waals surface area contributed by atoms with Crippen molar-refractivity contribution in [2.24, 2.45) is 5.92 Å². The first-order valence-electron chi connectivity index (χ1n) is 5.89. The number of carbonyl (C=O) groups is 1. The lowest BCUT2D eigenvalue weighted by Gasteiger charge is -2.09. The fourth-order valence-corrected chi connectivity index (χ4v) is 1.93. The SMILES string of the molecule is O=C(O)[C@H]1C[C@H]1c1ccc(OCCC(F)(F)F)cc1. The van der Waals surface area contributed by atoms with Gasteiger partial charge in [-0.25, -0.2) is 0 Å². The first-order chi connectivity index (χ1) is 8.87. The van der Waals surface area contributed by atoms with Gasteiger partial charge in [0, 0.05) is 0 Å². The molecule has 0 aliphatic heterocycles. The van der Waals surface area contributed by atoms with Gasteiger partial charge in [0.15, 0.2) is 0 Å². The Bertz CT molecular complexity index is 453. The highest BCUT2D eigenvalue weighted by Gasteiger charge is 2.44. The summed E-state index contributed by atoms with van der Waals surface area (Å²) in [5.41, 5.74) is 0.885. The van der Waals surface area contributed by atoms with Gasteiger partial charge in [-0.05, 0) is 30.0 Å². The number of carboxylic acids is 1. The van der Waals surface area contributed by atoms with E-state index in [9.17, 15) is 18.0 Å². The molecule has 2 rings (SSSR count). The number of aliphatic carboxylic acids is 1. The van der Waals surface area contributed by atoms with E-state index >= 15 is 0 Å². The normalized spacial score (nSPS) is 22.1. The molecule has 1 N–H and O–H groups in total. The number of alkyl halides is 3. The molecule has 1 aromatic carbocycles. The molecule has 0 saturated heterocycles. The van der Waals surface area contributed by atoms with Crippen molar-refractivity contribution in [3.8, 4) is 5.75 Å². The van der Waals surface area contributed by atoms with Gasteiger partial charge in [0.25, 0.3) is 0 Å². The number of ether oxygens (including phenoxy) is 1. The molecule has 0 unspecified atom stereocenters. The van der Waals surface area contributed by atoms with Gasteiger partial charge in [0.05, 0.1) is 18.9 Å². The molecule has 1 aliphatic rings. The van der Waals surface area contributed by atoms with Crippen LogP contribution in [0.3, 0.4) is 0 Å². The van der Waals surface area contributed by atoms with E-state index in [1.807, 2.05) is 0 Å². The molecular weight excluding hydrogens is 261 g/mol. The summed E-state index contributed by atoms with van der Waals surface area (Å²) < 4.78 is 40.7. The zero-order chi connectivity index (χ0) is 14.0. The van der Waals surface area contributed by atoms with Crippen LogP contribution in [0.1, 0.15) is 24.3 Å². The number of carboxylic acid groups (broad SMARTS) is 1. The Morgan fingerprint density at radius 1 is 1.32 bits per heavy atom. The van der Waals surface area contributed by atoms with Crippen molar-refractivity contribution in [2.75, 3.05) is 6.61 Å². The van der Waals surface area contributed by atoms with Crippen LogP contribution in [0.5, 0.6) is 5.75 Å². The maximum absolute atomic E-state index is 11.9.